The van der Waals surface area contributed by atoms with E-state index in [1.165, 1.54) is 12.1 Å². The van der Waals surface area contributed by atoms with Crippen LogP contribution < -0.4 is 20.5 Å². The number of hydrogen-bond acceptors (Lipinski definition) is 6. The first-order chi connectivity index (χ1) is 9.70. The Balaban J connectivity index is 2.31. The van der Waals surface area contributed by atoms with Gasteiger partial charge in [0.15, 0.2) is 11.5 Å². The van der Waals surface area contributed by atoms with Gasteiger partial charge in [-0.2, -0.15) is 0 Å². The van der Waals surface area contributed by atoms with E-state index in [1.54, 1.807) is 0 Å². The number of carbonyl (C=O) groups is 1. The number of rotatable bonds is 3. The lowest BCUT2D eigenvalue weighted by Gasteiger charge is -2.25. The minimum Gasteiger partial charge on any atom is -0.454 e. The normalized spacial score (nSPS) is 14.7. The topological polar surface area (TPSA) is 117 Å². The summed E-state index contributed by atoms with van der Waals surface area (Å²) >= 11 is 0. The molecule has 1 aliphatic heterocycles. The van der Waals surface area contributed by atoms with E-state index in [9.17, 15) is 14.9 Å². The predicted molar refractivity (Wildman–Crippen MR) is 75.3 cm³/mol. The smallest absolute Gasteiger partial charge is 0.296 e. The molecule has 1 heterocycles. The molecule has 0 bridgehead atoms. The Morgan fingerprint density at radius 1 is 1.38 bits per heavy atom. The van der Waals surface area contributed by atoms with Gasteiger partial charge in [0, 0.05) is 6.07 Å². The number of amides is 1. The van der Waals surface area contributed by atoms with E-state index in [2.05, 4.69) is 5.32 Å². The van der Waals surface area contributed by atoms with Crippen LogP contribution in [0, 0.1) is 15.5 Å². The molecule has 0 unspecified atom stereocenters. The van der Waals surface area contributed by atoms with Crippen LogP contribution >= 0.6 is 0 Å². The standard InChI is InChI=1S/C13H17N3O5/c1-13(2,3)11(14)12(17)15-7-4-9-10(21-6-20-9)5-8(7)16(18)19/h4-5,11H,6,14H2,1-3H3,(H,15,17)/t11-/m0/s1. The number of nitrogens with two attached hydrogens (primary N) is 1. The third-order valence-electron chi connectivity index (χ3n) is 3.16. The molecule has 1 aromatic carbocycles. The number of ether oxygens (including phenoxy) is 2. The molecular formula is C13H17N3O5. The minimum atomic E-state index is -0.803. The summed E-state index contributed by atoms with van der Waals surface area (Å²) in [5.74, 6) is 0.129. The number of carbonyl (C=O) groups excluding carboxylic acids is 1. The van der Waals surface area contributed by atoms with Gasteiger partial charge in [-0.15, -0.1) is 0 Å². The number of fused-ring (bicyclic) bond motifs is 1. The molecule has 1 amide bonds. The third kappa shape index (κ3) is 3.05. The van der Waals surface area contributed by atoms with Crippen molar-refractivity contribution in [3.05, 3.63) is 22.2 Å². The summed E-state index contributed by atoms with van der Waals surface area (Å²) in [5, 5.41) is 13.6. The van der Waals surface area contributed by atoms with Gasteiger partial charge in [-0.1, -0.05) is 20.8 Å². The molecule has 3 N–H and O–H groups in total. The largest absolute Gasteiger partial charge is 0.454 e. The first-order valence-corrected chi connectivity index (χ1v) is 6.34. The summed E-state index contributed by atoms with van der Waals surface area (Å²) < 4.78 is 10.2. The van der Waals surface area contributed by atoms with Gasteiger partial charge in [0.05, 0.1) is 17.0 Å². The maximum atomic E-state index is 12.1. The highest BCUT2D eigenvalue weighted by molar-refractivity contribution is 5.97. The molecule has 1 atom stereocenters. The number of benzene rings is 1. The molecule has 114 valence electrons. The molecular weight excluding hydrogens is 278 g/mol. The van der Waals surface area contributed by atoms with Crippen LogP contribution in [0.2, 0.25) is 0 Å². The molecule has 0 aliphatic carbocycles. The van der Waals surface area contributed by atoms with E-state index >= 15 is 0 Å². The number of nitro groups is 1. The van der Waals surface area contributed by atoms with Crippen molar-refractivity contribution >= 4 is 17.3 Å². The van der Waals surface area contributed by atoms with Crippen molar-refractivity contribution in [1.82, 2.24) is 0 Å². The zero-order chi connectivity index (χ0) is 15.8. The summed E-state index contributed by atoms with van der Waals surface area (Å²) in [6, 6.07) is 1.79. The fourth-order valence-corrected chi connectivity index (χ4v) is 1.79. The van der Waals surface area contributed by atoms with Crippen LogP contribution in [0.5, 0.6) is 11.5 Å². The van der Waals surface area contributed by atoms with Crippen molar-refractivity contribution in [2.24, 2.45) is 11.1 Å². The van der Waals surface area contributed by atoms with Crippen molar-refractivity contribution in [3.8, 4) is 11.5 Å². The Labute approximate surface area is 121 Å². The summed E-state index contributed by atoms with van der Waals surface area (Å²) in [6.45, 7) is 5.42. The summed E-state index contributed by atoms with van der Waals surface area (Å²) in [7, 11) is 0. The quantitative estimate of drug-likeness (QED) is 0.646. The van der Waals surface area contributed by atoms with Crippen molar-refractivity contribution < 1.29 is 19.2 Å². The van der Waals surface area contributed by atoms with E-state index < -0.39 is 22.3 Å². The van der Waals surface area contributed by atoms with Crippen molar-refractivity contribution in [2.75, 3.05) is 12.1 Å². The number of anilines is 1. The highest BCUT2D eigenvalue weighted by Gasteiger charge is 2.30. The van der Waals surface area contributed by atoms with Crippen LogP contribution in [-0.2, 0) is 4.79 Å². The van der Waals surface area contributed by atoms with Crippen LogP contribution in [0.15, 0.2) is 12.1 Å². The Hall–Kier alpha value is -2.35. The fraction of sp³-hybridized carbons (Fsp3) is 0.462. The van der Waals surface area contributed by atoms with E-state index in [0.717, 1.165) is 0 Å². The molecule has 21 heavy (non-hydrogen) atoms. The Kier molecular flexibility index (Phi) is 3.73. The van der Waals surface area contributed by atoms with Gasteiger partial charge in [0.25, 0.3) is 5.69 Å². The van der Waals surface area contributed by atoms with Crippen LogP contribution in [-0.4, -0.2) is 23.7 Å². The van der Waals surface area contributed by atoms with Crippen molar-refractivity contribution in [1.29, 1.82) is 0 Å². The molecule has 1 aromatic rings. The SMILES string of the molecule is CC(C)(C)[C@@H](N)C(=O)Nc1cc2c(cc1[N+](=O)[O-])OCO2. The molecule has 0 aromatic heterocycles. The Morgan fingerprint density at radius 2 is 1.95 bits per heavy atom. The summed E-state index contributed by atoms with van der Waals surface area (Å²) in [4.78, 5) is 22.6. The molecule has 0 spiro atoms. The van der Waals surface area contributed by atoms with Gasteiger partial charge in [0.1, 0.15) is 5.69 Å². The van der Waals surface area contributed by atoms with Gasteiger partial charge < -0.3 is 20.5 Å². The molecule has 0 fully saturated rings. The second-order valence-electron chi connectivity index (χ2n) is 5.81. The predicted octanol–water partition coefficient (Wildman–Crippen LogP) is 1.64. The molecule has 2 rings (SSSR count). The number of nitrogens with one attached hydrogen (secondary N) is 1. The summed E-state index contributed by atoms with van der Waals surface area (Å²) in [6.07, 6.45) is 0. The molecule has 8 nitrogen and oxygen atoms in total. The maximum Gasteiger partial charge on any atom is 0.296 e. The van der Waals surface area contributed by atoms with Gasteiger partial charge in [0.2, 0.25) is 12.7 Å². The summed E-state index contributed by atoms with van der Waals surface area (Å²) in [5.41, 5.74) is 5.15. The van der Waals surface area contributed by atoms with Crippen LogP contribution in [0.3, 0.4) is 0 Å². The molecule has 0 saturated heterocycles. The van der Waals surface area contributed by atoms with Crippen LogP contribution in [0.25, 0.3) is 0 Å². The zero-order valence-corrected chi connectivity index (χ0v) is 12.0. The van der Waals surface area contributed by atoms with E-state index in [0.29, 0.717) is 5.75 Å². The Morgan fingerprint density at radius 3 is 2.48 bits per heavy atom. The highest BCUT2D eigenvalue weighted by atomic mass is 16.7. The van der Waals surface area contributed by atoms with Crippen LogP contribution in [0.4, 0.5) is 11.4 Å². The molecule has 1 aliphatic rings. The minimum absolute atomic E-state index is 0.00854. The van der Waals surface area contributed by atoms with Gasteiger partial charge in [-0.25, -0.2) is 0 Å². The number of hydrogen-bond donors (Lipinski definition) is 2. The highest BCUT2D eigenvalue weighted by Crippen LogP contribution is 2.40. The van der Waals surface area contributed by atoms with Gasteiger partial charge in [-0.05, 0) is 5.41 Å². The Bertz CT molecular complexity index is 594. The second kappa shape index (κ2) is 5.21. The maximum absolute atomic E-state index is 12.1. The second-order valence-corrected chi connectivity index (χ2v) is 5.81. The molecule has 0 saturated carbocycles. The first-order valence-electron chi connectivity index (χ1n) is 6.34. The molecule has 8 heteroatoms. The first kappa shape index (κ1) is 15.0. The average Bonchev–Trinajstić information content (AvgIpc) is 2.82. The zero-order valence-electron chi connectivity index (χ0n) is 12.0. The average molecular weight is 295 g/mol. The number of nitrogens with zero attached hydrogens (tertiary/aromatic N) is 1. The van der Waals surface area contributed by atoms with Crippen LogP contribution in [0.1, 0.15) is 20.8 Å². The van der Waals surface area contributed by atoms with Crippen molar-refractivity contribution in [3.63, 3.8) is 0 Å². The lowest BCUT2D eigenvalue weighted by Crippen LogP contribution is -2.45. The lowest BCUT2D eigenvalue weighted by molar-refractivity contribution is -0.384. The van der Waals surface area contributed by atoms with E-state index in [1.807, 2.05) is 20.8 Å². The lowest BCUT2D eigenvalue weighted by atomic mass is 9.87. The monoisotopic (exact) mass is 295 g/mol. The number of nitro benzene ring substituents is 1. The molecule has 0 radical (unpaired) electrons. The van der Waals surface area contributed by atoms with E-state index in [4.69, 9.17) is 15.2 Å². The van der Waals surface area contributed by atoms with Gasteiger partial charge in [-0.3, -0.25) is 14.9 Å². The fourth-order valence-electron chi connectivity index (χ4n) is 1.79. The van der Waals surface area contributed by atoms with Crippen molar-refractivity contribution in [2.45, 2.75) is 26.8 Å². The third-order valence-corrected chi connectivity index (χ3v) is 3.16. The van der Waals surface area contributed by atoms with E-state index in [-0.39, 0.29) is 23.9 Å². The van der Waals surface area contributed by atoms with Gasteiger partial charge >= 0.3 is 0 Å².